The van der Waals surface area contributed by atoms with Gasteiger partial charge in [0, 0.05) is 18.4 Å². The lowest BCUT2D eigenvalue weighted by atomic mass is 9.81. The number of hydrogen-bond donors (Lipinski definition) is 1. The molecule has 0 amide bonds. The SMILES string of the molecule is Cc1cnc(SCC(=O)O)n1CC(C)(C)C(C)C. The van der Waals surface area contributed by atoms with E-state index in [1.807, 2.05) is 6.92 Å². The third-order valence-electron chi connectivity index (χ3n) is 3.47. The topological polar surface area (TPSA) is 55.1 Å². The quantitative estimate of drug-likeness (QED) is 0.807. The average molecular weight is 270 g/mol. The molecule has 4 nitrogen and oxygen atoms in total. The lowest BCUT2D eigenvalue weighted by Crippen LogP contribution is -2.26. The van der Waals surface area contributed by atoms with E-state index in [0.717, 1.165) is 17.4 Å². The van der Waals surface area contributed by atoms with Gasteiger partial charge in [-0.2, -0.15) is 0 Å². The molecule has 1 rings (SSSR count). The molecule has 0 saturated heterocycles. The summed E-state index contributed by atoms with van der Waals surface area (Å²) in [5.41, 5.74) is 1.24. The summed E-state index contributed by atoms with van der Waals surface area (Å²) in [5, 5.41) is 9.53. The summed E-state index contributed by atoms with van der Waals surface area (Å²) in [4.78, 5) is 14.9. The molecule has 18 heavy (non-hydrogen) atoms. The third kappa shape index (κ3) is 3.77. The van der Waals surface area contributed by atoms with E-state index in [0.29, 0.717) is 5.92 Å². The molecule has 1 aromatic rings. The second-order valence-corrected chi connectivity index (χ2v) is 6.54. The molecule has 0 bridgehead atoms. The van der Waals surface area contributed by atoms with Gasteiger partial charge in [-0.15, -0.1) is 0 Å². The van der Waals surface area contributed by atoms with Gasteiger partial charge in [0.1, 0.15) is 0 Å². The van der Waals surface area contributed by atoms with Crippen LogP contribution < -0.4 is 0 Å². The highest BCUT2D eigenvalue weighted by Gasteiger charge is 2.25. The van der Waals surface area contributed by atoms with Gasteiger partial charge in [-0.3, -0.25) is 4.79 Å². The number of aliphatic carboxylic acids is 1. The van der Waals surface area contributed by atoms with Gasteiger partial charge in [0.15, 0.2) is 5.16 Å². The zero-order valence-corrected chi connectivity index (χ0v) is 12.5. The molecule has 0 aliphatic heterocycles. The van der Waals surface area contributed by atoms with Gasteiger partial charge in [-0.1, -0.05) is 39.5 Å². The minimum absolute atomic E-state index is 0.0541. The van der Waals surface area contributed by atoms with E-state index in [9.17, 15) is 4.79 Å². The molecule has 0 aliphatic carbocycles. The Morgan fingerprint density at radius 2 is 2.17 bits per heavy atom. The van der Waals surface area contributed by atoms with Crippen molar-refractivity contribution in [2.24, 2.45) is 11.3 Å². The summed E-state index contributed by atoms with van der Waals surface area (Å²) in [7, 11) is 0. The summed E-state index contributed by atoms with van der Waals surface area (Å²) in [6.45, 7) is 11.7. The van der Waals surface area contributed by atoms with Crippen LogP contribution in [0.25, 0.3) is 0 Å². The predicted octanol–water partition coefficient (Wildman–Crippen LogP) is 3.05. The first kappa shape index (κ1) is 15.1. The first-order chi connectivity index (χ1) is 8.24. The fourth-order valence-corrected chi connectivity index (χ4v) is 2.21. The summed E-state index contributed by atoms with van der Waals surface area (Å²) >= 11 is 1.28. The van der Waals surface area contributed by atoms with Crippen LogP contribution in [0.1, 0.15) is 33.4 Å². The molecule has 102 valence electrons. The lowest BCUT2D eigenvalue weighted by molar-refractivity contribution is -0.133. The molecule has 0 aliphatic rings. The van der Waals surface area contributed by atoms with Crippen molar-refractivity contribution in [1.82, 2.24) is 9.55 Å². The van der Waals surface area contributed by atoms with Gasteiger partial charge in [-0.25, -0.2) is 4.98 Å². The number of thioether (sulfide) groups is 1. The highest BCUT2D eigenvalue weighted by molar-refractivity contribution is 7.99. The van der Waals surface area contributed by atoms with E-state index >= 15 is 0 Å². The van der Waals surface area contributed by atoms with Crippen molar-refractivity contribution in [3.63, 3.8) is 0 Å². The van der Waals surface area contributed by atoms with E-state index < -0.39 is 5.97 Å². The first-order valence-corrected chi connectivity index (χ1v) is 7.09. The number of rotatable bonds is 6. The Hall–Kier alpha value is -0.970. The van der Waals surface area contributed by atoms with Crippen molar-refractivity contribution in [2.75, 3.05) is 5.75 Å². The van der Waals surface area contributed by atoms with Crippen LogP contribution in [0.15, 0.2) is 11.4 Å². The van der Waals surface area contributed by atoms with Crippen molar-refractivity contribution in [3.8, 4) is 0 Å². The Morgan fingerprint density at radius 1 is 1.56 bits per heavy atom. The maximum atomic E-state index is 10.6. The molecule has 0 spiro atoms. The van der Waals surface area contributed by atoms with Gasteiger partial charge in [0.2, 0.25) is 0 Å². The van der Waals surface area contributed by atoms with Crippen molar-refractivity contribution >= 4 is 17.7 Å². The summed E-state index contributed by atoms with van der Waals surface area (Å²) in [5.74, 6) is -0.203. The van der Waals surface area contributed by atoms with E-state index in [1.54, 1.807) is 6.20 Å². The molecule has 0 atom stereocenters. The van der Waals surface area contributed by atoms with E-state index in [-0.39, 0.29) is 11.2 Å². The molecule has 0 fully saturated rings. The zero-order valence-electron chi connectivity index (χ0n) is 11.7. The summed E-state index contributed by atoms with van der Waals surface area (Å²) in [6, 6.07) is 0. The van der Waals surface area contributed by atoms with E-state index in [4.69, 9.17) is 5.11 Å². The maximum absolute atomic E-state index is 10.6. The number of carboxylic acids is 1. The Labute approximate surface area is 113 Å². The molecule has 0 radical (unpaired) electrons. The van der Waals surface area contributed by atoms with Crippen LogP contribution in [0.5, 0.6) is 0 Å². The maximum Gasteiger partial charge on any atom is 0.313 e. The molecule has 1 N–H and O–H groups in total. The summed E-state index contributed by atoms with van der Waals surface area (Å²) in [6.07, 6.45) is 1.81. The van der Waals surface area contributed by atoms with E-state index in [1.165, 1.54) is 11.8 Å². The smallest absolute Gasteiger partial charge is 0.313 e. The van der Waals surface area contributed by atoms with Crippen LogP contribution in [0.3, 0.4) is 0 Å². The van der Waals surface area contributed by atoms with Crippen LogP contribution in [0.2, 0.25) is 0 Å². The zero-order chi connectivity index (χ0) is 13.9. The first-order valence-electron chi connectivity index (χ1n) is 6.10. The normalized spacial score (nSPS) is 12.1. The van der Waals surface area contributed by atoms with Gasteiger partial charge < -0.3 is 9.67 Å². The number of carbonyl (C=O) groups is 1. The number of nitrogens with zero attached hydrogens (tertiary/aromatic N) is 2. The third-order valence-corrected chi connectivity index (χ3v) is 4.45. The fourth-order valence-electron chi connectivity index (χ4n) is 1.46. The molecule has 0 unspecified atom stereocenters. The van der Waals surface area contributed by atoms with Crippen molar-refractivity contribution in [2.45, 2.75) is 46.3 Å². The van der Waals surface area contributed by atoms with Crippen LogP contribution in [0.4, 0.5) is 0 Å². The number of aryl methyl sites for hydroxylation is 1. The van der Waals surface area contributed by atoms with Crippen molar-refractivity contribution in [1.29, 1.82) is 0 Å². The predicted molar refractivity (Wildman–Crippen MR) is 73.9 cm³/mol. The number of aromatic nitrogens is 2. The van der Waals surface area contributed by atoms with E-state index in [2.05, 4.69) is 37.2 Å². The van der Waals surface area contributed by atoms with Crippen LogP contribution >= 0.6 is 11.8 Å². The molecule has 0 aromatic carbocycles. The molecule has 1 heterocycles. The molecular weight excluding hydrogens is 248 g/mol. The van der Waals surface area contributed by atoms with Crippen LogP contribution in [0, 0.1) is 18.3 Å². The van der Waals surface area contributed by atoms with Gasteiger partial charge >= 0.3 is 5.97 Å². The number of hydrogen-bond acceptors (Lipinski definition) is 3. The Bertz CT molecular complexity index is 425. The number of imidazole rings is 1. The monoisotopic (exact) mass is 270 g/mol. The van der Waals surface area contributed by atoms with Crippen molar-refractivity contribution in [3.05, 3.63) is 11.9 Å². The largest absolute Gasteiger partial charge is 0.481 e. The molecule has 0 saturated carbocycles. The Kier molecular flexibility index (Phi) is 4.85. The lowest BCUT2D eigenvalue weighted by Gasteiger charge is -2.30. The van der Waals surface area contributed by atoms with Crippen molar-refractivity contribution < 1.29 is 9.90 Å². The standard InChI is InChI=1S/C13H22N2O2S/c1-9(2)13(4,5)8-15-10(3)6-14-12(15)18-7-11(16)17/h6,9H,7-8H2,1-5H3,(H,16,17). The van der Waals surface area contributed by atoms with Gasteiger partial charge in [-0.05, 0) is 18.3 Å². The average Bonchev–Trinajstić information content (AvgIpc) is 2.57. The number of carboxylic acid groups (broad SMARTS) is 1. The highest BCUT2D eigenvalue weighted by Crippen LogP contribution is 2.31. The van der Waals surface area contributed by atoms with Gasteiger partial charge in [0.25, 0.3) is 0 Å². The molecule has 1 aromatic heterocycles. The minimum Gasteiger partial charge on any atom is -0.481 e. The second-order valence-electron chi connectivity index (χ2n) is 5.59. The Balaban J connectivity index is 2.87. The van der Waals surface area contributed by atoms with Crippen LogP contribution in [-0.2, 0) is 11.3 Å². The molecule has 5 heteroatoms. The summed E-state index contributed by atoms with van der Waals surface area (Å²) < 4.78 is 2.12. The fraction of sp³-hybridized carbons (Fsp3) is 0.692. The van der Waals surface area contributed by atoms with Gasteiger partial charge in [0.05, 0.1) is 5.75 Å². The molecular formula is C13H22N2O2S. The highest BCUT2D eigenvalue weighted by atomic mass is 32.2. The Morgan fingerprint density at radius 3 is 2.67 bits per heavy atom. The van der Waals surface area contributed by atoms with Crippen LogP contribution in [-0.4, -0.2) is 26.4 Å². The minimum atomic E-state index is -0.810. The second kappa shape index (κ2) is 5.78.